The lowest BCUT2D eigenvalue weighted by Gasteiger charge is -2.19. The van der Waals surface area contributed by atoms with E-state index in [1.807, 2.05) is 6.07 Å². The summed E-state index contributed by atoms with van der Waals surface area (Å²) >= 11 is 0. The smallest absolute Gasteiger partial charge is 0.120 e. The molecular formula is C12H20N2O. The van der Waals surface area contributed by atoms with Gasteiger partial charge in [0.1, 0.15) is 5.76 Å². The lowest BCUT2D eigenvalue weighted by atomic mass is 10.1. The molecule has 1 aliphatic heterocycles. The fraction of sp³-hybridized carbons (Fsp3) is 0.667. The summed E-state index contributed by atoms with van der Waals surface area (Å²) in [4.78, 5) is 2.46. The molecule has 2 N–H and O–H groups in total. The van der Waals surface area contributed by atoms with Crippen LogP contribution in [0.25, 0.3) is 0 Å². The van der Waals surface area contributed by atoms with Crippen LogP contribution in [0.2, 0.25) is 0 Å². The van der Waals surface area contributed by atoms with Gasteiger partial charge in [-0.2, -0.15) is 0 Å². The second-order valence-corrected chi connectivity index (χ2v) is 4.64. The van der Waals surface area contributed by atoms with Crippen molar-refractivity contribution in [3.05, 3.63) is 23.7 Å². The maximum absolute atomic E-state index is 5.71. The Labute approximate surface area is 91.2 Å². The van der Waals surface area contributed by atoms with E-state index in [4.69, 9.17) is 10.2 Å². The number of rotatable bonds is 3. The largest absolute Gasteiger partial charge is 0.468 e. The molecule has 3 nitrogen and oxygen atoms in total. The molecule has 0 aromatic carbocycles. The van der Waals surface area contributed by atoms with E-state index < -0.39 is 0 Å². The first-order valence-corrected chi connectivity index (χ1v) is 5.67. The Bertz CT molecular complexity index is 321. The predicted octanol–water partition coefficient (Wildman–Crippen LogP) is 1.76. The summed E-state index contributed by atoms with van der Waals surface area (Å²) in [5, 5.41) is 0. The summed E-state index contributed by atoms with van der Waals surface area (Å²) in [5.74, 6) is 1.76. The third-order valence-electron chi connectivity index (χ3n) is 3.44. The summed E-state index contributed by atoms with van der Waals surface area (Å²) < 4.78 is 5.47. The van der Waals surface area contributed by atoms with E-state index in [1.54, 1.807) is 6.26 Å². The molecule has 84 valence electrons. The molecule has 1 aliphatic rings. The van der Waals surface area contributed by atoms with Crippen molar-refractivity contribution >= 4 is 0 Å². The van der Waals surface area contributed by atoms with Crippen LogP contribution in [0.4, 0.5) is 0 Å². The van der Waals surface area contributed by atoms with Crippen molar-refractivity contribution in [2.45, 2.75) is 32.9 Å². The highest BCUT2D eigenvalue weighted by Gasteiger charge is 2.28. The molecule has 2 rings (SSSR count). The number of hydrogen-bond donors (Lipinski definition) is 1. The van der Waals surface area contributed by atoms with Gasteiger partial charge < -0.3 is 10.2 Å². The highest BCUT2D eigenvalue weighted by atomic mass is 16.3. The molecule has 15 heavy (non-hydrogen) atoms. The zero-order chi connectivity index (χ0) is 10.8. The Morgan fingerprint density at radius 2 is 2.40 bits per heavy atom. The van der Waals surface area contributed by atoms with Crippen molar-refractivity contribution < 1.29 is 4.42 Å². The minimum absolute atomic E-state index is 0.628. The first-order valence-electron chi connectivity index (χ1n) is 5.67. The number of nitrogens with zero attached hydrogens (tertiary/aromatic N) is 1. The molecule has 0 spiro atoms. The van der Waals surface area contributed by atoms with Gasteiger partial charge in [-0.05, 0) is 44.4 Å². The minimum atomic E-state index is 0.628. The number of nitrogens with two attached hydrogens (primary N) is 1. The van der Waals surface area contributed by atoms with Crippen molar-refractivity contribution in [2.75, 3.05) is 13.1 Å². The van der Waals surface area contributed by atoms with Crippen LogP contribution in [0.5, 0.6) is 0 Å². The van der Waals surface area contributed by atoms with E-state index in [2.05, 4.69) is 18.7 Å². The Kier molecular flexibility index (Phi) is 3.12. The molecule has 3 heteroatoms. The zero-order valence-electron chi connectivity index (χ0n) is 9.57. The van der Waals surface area contributed by atoms with Crippen LogP contribution in [0.1, 0.15) is 24.7 Å². The molecule has 2 heterocycles. The maximum atomic E-state index is 5.71. The van der Waals surface area contributed by atoms with Gasteiger partial charge in [-0.3, -0.25) is 4.90 Å². The van der Waals surface area contributed by atoms with Crippen molar-refractivity contribution in [2.24, 2.45) is 11.7 Å². The van der Waals surface area contributed by atoms with Crippen molar-refractivity contribution in [1.82, 2.24) is 4.90 Å². The van der Waals surface area contributed by atoms with E-state index in [0.717, 1.165) is 25.4 Å². The number of likely N-dealkylation sites (tertiary alicyclic amines) is 1. The summed E-state index contributed by atoms with van der Waals surface area (Å²) in [6.45, 7) is 7.21. The quantitative estimate of drug-likeness (QED) is 0.823. The van der Waals surface area contributed by atoms with Gasteiger partial charge >= 0.3 is 0 Å². The molecule has 0 radical (unpaired) electrons. The fourth-order valence-electron chi connectivity index (χ4n) is 2.36. The highest BCUT2D eigenvalue weighted by molar-refractivity contribution is 5.14. The lowest BCUT2D eigenvalue weighted by Crippen LogP contribution is -2.27. The normalized spacial score (nSPS) is 27.4. The van der Waals surface area contributed by atoms with Crippen LogP contribution in [0, 0.1) is 12.8 Å². The molecule has 2 unspecified atom stereocenters. The van der Waals surface area contributed by atoms with Crippen molar-refractivity contribution in [3.63, 3.8) is 0 Å². The first-order chi connectivity index (χ1) is 7.20. The second kappa shape index (κ2) is 4.37. The van der Waals surface area contributed by atoms with Crippen molar-refractivity contribution in [3.8, 4) is 0 Å². The Morgan fingerprint density at radius 1 is 1.60 bits per heavy atom. The summed E-state index contributed by atoms with van der Waals surface area (Å²) in [7, 11) is 0. The summed E-state index contributed by atoms with van der Waals surface area (Å²) in [6, 6.07) is 2.65. The Hall–Kier alpha value is -0.800. The van der Waals surface area contributed by atoms with E-state index >= 15 is 0 Å². The summed E-state index contributed by atoms with van der Waals surface area (Å²) in [6.07, 6.45) is 2.99. The molecule has 1 aromatic heterocycles. The standard InChI is InChI=1S/C12H20N2O/c1-9-3-4-15-12(9)8-14-7-11(6-13)5-10(14)2/h3-4,10-11H,5-8,13H2,1-2H3. The molecular weight excluding hydrogens is 188 g/mol. The van der Waals surface area contributed by atoms with E-state index in [9.17, 15) is 0 Å². The van der Waals surface area contributed by atoms with Crippen LogP contribution < -0.4 is 5.73 Å². The average molecular weight is 208 g/mol. The molecule has 0 saturated carbocycles. The number of hydrogen-bond acceptors (Lipinski definition) is 3. The van der Waals surface area contributed by atoms with E-state index in [1.165, 1.54) is 12.0 Å². The second-order valence-electron chi connectivity index (χ2n) is 4.64. The van der Waals surface area contributed by atoms with Crippen molar-refractivity contribution in [1.29, 1.82) is 0 Å². The molecule has 1 fully saturated rings. The van der Waals surface area contributed by atoms with E-state index in [-0.39, 0.29) is 0 Å². The summed E-state index contributed by atoms with van der Waals surface area (Å²) in [5.41, 5.74) is 6.96. The van der Waals surface area contributed by atoms with Gasteiger partial charge in [0.25, 0.3) is 0 Å². The Morgan fingerprint density at radius 3 is 2.93 bits per heavy atom. The molecule has 0 bridgehead atoms. The van der Waals surface area contributed by atoms with Gasteiger partial charge in [-0.25, -0.2) is 0 Å². The fourth-order valence-corrected chi connectivity index (χ4v) is 2.36. The van der Waals surface area contributed by atoms with Gasteiger partial charge in [-0.15, -0.1) is 0 Å². The lowest BCUT2D eigenvalue weighted by molar-refractivity contribution is 0.234. The molecule has 2 atom stereocenters. The van der Waals surface area contributed by atoms with E-state index in [0.29, 0.717) is 12.0 Å². The van der Waals surface area contributed by atoms with Crippen LogP contribution in [-0.2, 0) is 6.54 Å². The Balaban J connectivity index is 1.98. The molecule has 0 amide bonds. The van der Waals surface area contributed by atoms with Gasteiger partial charge in [0.05, 0.1) is 12.8 Å². The third-order valence-corrected chi connectivity index (χ3v) is 3.44. The predicted molar refractivity (Wildman–Crippen MR) is 60.5 cm³/mol. The van der Waals surface area contributed by atoms with Gasteiger partial charge in [0.15, 0.2) is 0 Å². The monoisotopic (exact) mass is 208 g/mol. The van der Waals surface area contributed by atoms with Gasteiger partial charge in [0.2, 0.25) is 0 Å². The van der Waals surface area contributed by atoms with Crippen LogP contribution >= 0.6 is 0 Å². The number of furan rings is 1. The molecule has 1 aromatic rings. The highest BCUT2D eigenvalue weighted by Crippen LogP contribution is 2.25. The molecule has 0 aliphatic carbocycles. The van der Waals surface area contributed by atoms with Gasteiger partial charge in [0, 0.05) is 12.6 Å². The minimum Gasteiger partial charge on any atom is -0.468 e. The third kappa shape index (κ3) is 2.24. The van der Waals surface area contributed by atoms with Crippen LogP contribution in [0.3, 0.4) is 0 Å². The first kappa shape index (κ1) is 10.7. The molecule has 1 saturated heterocycles. The number of aryl methyl sites for hydroxylation is 1. The SMILES string of the molecule is Cc1ccoc1CN1CC(CN)CC1C. The maximum Gasteiger partial charge on any atom is 0.120 e. The topological polar surface area (TPSA) is 42.4 Å². The zero-order valence-corrected chi connectivity index (χ0v) is 9.57. The van der Waals surface area contributed by atoms with Crippen LogP contribution in [-0.4, -0.2) is 24.0 Å². The average Bonchev–Trinajstić information content (AvgIpc) is 2.76. The van der Waals surface area contributed by atoms with Crippen LogP contribution in [0.15, 0.2) is 16.7 Å². The van der Waals surface area contributed by atoms with Gasteiger partial charge in [-0.1, -0.05) is 0 Å².